The standard InChI is InChI=1S/C15H21N3O3S/c1-9(2)12-14(20-3)18-13(15(17-12)21-4)10(19)5-6-11-16-7-8-22-11/h5-10,12-13,19H,1-4H3/b6-5+/t10-,12+,13-/m0/s1. The maximum absolute atomic E-state index is 10.4. The summed E-state index contributed by atoms with van der Waals surface area (Å²) in [5.74, 6) is 1.16. The largest absolute Gasteiger partial charge is 0.483 e. The number of aromatic nitrogens is 1. The van der Waals surface area contributed by atoms with Crippen LogP contribution in [0.25, 0.3) is 6.08 Å². The van der Waals surface area contributed by atoms with E-state index in [1.165, 1.54) is 18.4 Å². The minimum Gasteiger partial charge on any atom is -0.483 e. The van der Waals surface area contributed by atoms with E-state index in [0.717, 1.165) is 5.01 Å². The van der Waals surface area contributed by atoms with Gasteiger partial charge in [0.15, 0.2) is 6.04 Å². The molecule has 0 saturated heterocycles. The Hall–Kier alpha value is -1.73. The van der Waals surface area contributed by atoms with Gasteiger partial charge in [0.1, 0.15) is 17.2 Å². The van der Waals surface area contributed by atoms with Crippen molar-refractivity contribution in [2.45, 2.75) is 32.0 Å². The molecule has 1 N–H and O–H groups in total. The van der Waals surface area contributed by atoms with Gasteiger partial charge in [0, 0.05) is 11.6 Å². The van der Waals surface area contributed by atoms with Crippen LogP contribution in [-0.2, 0) is 9.47 Å². The van der Waals surface area contributed by atoms with Crippen LogP contribution in [0.15, 0.2) is 27.6 Å². The summed E-state index contributed by atoms with van der Waals surface area (Å²) in [4.78, 5) is 13.1. The average Bonchev–Trinajstić information content (AvgIpc) is 3.04. The van der Waals surface area contributed by atoms with E-state index in [-0.39, 0.29) is 12.0 Å². The van der Waals surface area contributed by atoms with E-state index >= 15 is 0 Å². The number of ether oxygens (including phenoxy) is 2. The molecule has 1 aromatic heterocycles. The SMILES string of the molecule is COC1=N[C@H](C(C)C)C(OC)=N[C@H]1[C@@H](O)/C=C/c1nccs1. The highest BCUT2D eigenvalue weighted by Crippen LogP contribution is 2.20. The minimum absolute atomic E-state index is 0.189. The fraction of sp³-hybridized carbons (Fsp3) is 0.533. The van der Waals surface area contributed by atoms with Crippen molar-refractivity contribution in [2.75, 3.05) is 14.2 Å². The number of hydrogen-bond donors (Lipinski definition) is 1. The molecule has 120 valence electrons. The maximum Gasteiger partial charge on any atom is 0.212 e. The van der Waals surface area contributed by atoms with Crippen LogP contribution in [0.1, 0.15) is 18.9 Å². The number of aliphatic imine (C=N–C) groups is 2. The quantitative estimate of drug-likeness (QED) is 0.919. The second kappa shape index (κ2) is 7.51. The van der Waals surface area contributed by atoms with Crippen molar-refractivity contribution in [2.24, 2.45) is 15.9 Å². The van der Waals surface area contributed by atoms with E-state index in [0.29, 0.717) is 11.8 Å². The Morgan fingerprint density at radius 1 is 1.18 bits per heavy atom. The summed E-state index contributed by atoms with van der Waals surface area (Å²) in [5.41, 5.74) is 0. The summed E-state index contributed by atoms with van der Waals surface area (Å²) in [6.45, 7) is 4.07. The number of aliphatic hydroxyl groups is 1. The number of methoxy groups -OCH3 is 2. The molecular weight excluding hydrogens is 302 g/mol. The van der Waals surface area contributed by atoms with Crippen LogP contribution in [0.5, 0.6) is 0 Å². The lowest BCUT2D eigenvalue weighted by molar-refractivity contribution is 0.197. The van der Waals surface area contributed by atoms with Crippen molar-refractivity contribution in [3.8, 4) is 0 Å². The Labute approximate surface area is 134 Å². The van der Waals surface area contributed by atoms with E-state index in [9.17, 15) is 5.11 Å². The van der Waals surface area contributed by atoms with Crippen molar-refractivity contribution >= 4 is 29.2 Å². The highest BCUT2D eigenvalue weighted by Gasteiger charge is 2.33. The van der Waals surface area contributed by atoms with Gasteiger partial charge < -0.3 is 14.6 Å². The average molecular weight is 323 g/mol. The first-order valence-electron chi connectivity index (χ1n) is 7.06. The smallest absolute Gasteiger partial charge is 0.212 e. The van der Waals surface area contributed by atoms with E-state index < -0.39 is 12.1 Å². The Morgan fingerprint density at radius 2 is 1.82 bits per heavy atom. The summed E-state index contributed by atoms with van der Waals surface area (Å²) in [5, 5.41) is 13.1. The van der Waals surface area contributed by atoms with Gasteiger partial charge in [-0.05, 0) is 12.0 Å². The molecule has 1 aliphatic rings. The number of aliphatic hydroxyl groups excluding tert-OH is 1. The molecule has 22 heavy (non-hydrogen) atoms. The van der Waals surface area contributed by atoms with Crippen LogP contribution in [0, 0.1) is 5.92 Å². The highest BCUT2D eigenvalue weighted by molar-refractivity contribution is 7.10. The molecule has 3 atom stereocenters. The molecule has 0 unspecified atom stereocenters. The van der Waals surface area contributed by atoms with Gasteiger partial charge >= 0.3 is 0 Å². The summed E-state index contributed by atoms with van der Waals surface area (Å²) >= 11 is 1.50. The number of hydrogen-bond acceptors (Lipinski definition) is 7. The lowest BCUT2D eigenvalue weighted by Gasteiger charge is -2.28. The predicted octanol–water partition coefficient (Wildman–Crippen LogP) is 2.01. The van der Waals surface area contributed by atoms with E-state index in [1.54, 1.807) is 25.5 Å². The van der Waals surface area contributed by atoms with E-state index in [1.807, 2.05) is 19.2 Å². The third-order valence-corrected chi connectivity index (χ3v) is 4.04. The van der Waals surface area contributed by atoms with Gasteiger partial charge in [-0.1, -0.05) is 19.9 Å². The van der Waals surface area contributed by atoms with Crippen molar-refractivity contribution in [1.82, 2.24) is 4.98 Å². The minimum atomic E-state index is -0.860. The third kappa shape index (κ3) is 3.72. The van der Waals surface area contributed by atoms with Crippen molar-refractivity contribution in [1.29, 1.82) is 0 Å². The monoisotopic (exact) mass is 323 g/mol. The zero-order valence-corrected chi connectivity index (χ0v) is 13.9. The molecule has 0 spiro atoms. The number of nitrogens with zero attached hydrogens (tertiary/aromatic N) is 3. The maximum atomic E-state index is 10.4. The Balaban J connectivity index is 2.21. The molecule has 0 saturated carbocycles. The van der Waals surface area contributed by atoms with Crippen LogP contribution >= 0.6 is 11.3 Å². The first-order valence-corrected chi connectivity index (χ1v) is 7.94. The fourth-order valence-electron chi connectivity index (χ4n) is 2.14. The Morgan fingerprint density at radius 3 is 2.36 bits per heavy atom. The first-order chi connectivity index (χ1) is 10.6. The zero-order valence-electron chi connectivity index (χ0n) is 13.1. The highest BCUT2D eigenvalue weighted by atomic mass is 32.1. The van der Waals surface area contributed by atoms with Crippen molar-refractivity contribution in [3.63, 3.8) is 0 Å². The number of rotatable bonds is 4. The molecule has 0 aromatic carbocycles. The third-order valence-electron chi connectivity index (χ3n) is 3.30. The second-order valence-corrected chi connectivity index (χ2v) is 6.12. The van der Waals surface area contributed by atoms with Crippen LogP contribution in [0.2, 0.25) is 0 Å². The molecule has 1 aliphatic heterocycles. The molecule has 0 radical (unpaired) electrons. The van der Waals surface area contributed by atoms with Gasteiger partial charge in [-0.15, -0.1) is 11.3 Å². The molecule has 0 bridgehead atoms. The van der Waals surface area contributed by atoms with Gasteiger partial charge in [-0.2, -0.15) is 0 Å². The summed E-state index contributed by atoms with van der Waals surface area (Å²) in [7, 11) is 3.10. The molecule has 2 heterocycles. The Bertz CT molecular complexity index is 567. The van der Waals surface area contributed by atoms with Crippen molar-refractivity contribution < 1.29 is 14.6 Å². The predicted molar refractivity (Wildman–Crippen MR) is 88.5 cm³/mol. The van der Waals surface area contributed by atoms with E-state index in [2.05, 4.69) is 15.0 Å². The first kappa shape index (κ1) is 16.6. The summed E-state index contributed by atoms with van der Waals surface area (Å²) in [6, 6.07) is -0.794. The molecule has 7 heteroatoms. The normalized spacial score (nSPS) is 23.4. The zero-order chi connectivity index (χ0) is 16.1. The van der Waals surface area contributed by atoms with Crippen LogP contribution in [0.4, 0.5) is 0 Å². The topological polar surface area (TPSA) is 76.3 Å². The van der Waals surface area contributed by atoms with Gasteiger partial charge in [-0.3, -0.25) is 0 Å². The summed E-state index contributed by atoms with van der Waals surface area (Å²) < 4.78 is 10.6. The number of thiazole rings is 1. The fourth-order valence-corrected chi connectivity index (χ4v) is 2.68. The second-order valence-electron chi connectivity index (χ2n) is 5.20. The van der Waals surface area contributed by atoms with Gasteiger partial charge in [-0.25, -0.2) is 15.0 Å². The van der Waals surface area contributed by atoms with E-state index in [4.69, 9.17) is 9.47 Å². The Kier molecular flexibility index (Phi) is 5.68. The molecule has 0 amide bonds. The molecule has 6 nitrogen and oxygen atoms in total. The molecule has 1 aromatic rings. The van der Waals surface area contributed by atoms with Crippen molar-refractivity contribution in [3.05, 3.63) is 22.7 Å². The lowest BCUT2D eigenvalue weighted by atomic mass is 10.0. The summed E-state index contributed by atoms with van der Waals surface area (Å²) in [6.07, 6.45) is 4.26. The molecule has 0 fully saturated rings. The molecular formula is C15H21N3O3S. The van der Waals surface area contributed by atoms with Gasteiger partial charge in [0.25, 0.3) is 0 Å². The lowest BCUT2D eigenvalue weighted by Crippen LogP contribution is -2.42. The molecule has 2 rings (SSSR count). The van der Waals surface area contributed by atoms with Crippen LogP contribution in [0.3, 0.4) is 0 Å². The van der Waals surface area contributed by atoms with Gasteiger partial charge in [0.2, 0.25) is 11.8 Å². The molecule has 0 aliphatic carbocycles. The van der Waals surface area contributed by atoms with Gasteiger partial charge in [0.05, 0.1) is 14.2 Å². The van der Waals surface area contributed by atoms with Crippen LogP contribution in [-0.4, -0.2) is 54.3 Å². The van der Waals surface area contributed by atoms with Crippen LogP contribution < -0.4 is 0 Å².